The van der Waals surface area contributed by atoms with E-state index in [1.165, 1.54) is 0 Å². The van der Waals surface area contributed by atoms with Crippen molar-refractivity contribution in [2.75, 3.05) is 38.2 Å². The van der Waals surface area contributed by atoms with Crippen LogP contribution < -0.4 is 9.64 Å². The molecule has 0 atom stereocenters. The van der Waals surface area contributed by atoms with Gasteiger partial charge < -0.3 is 14.5 Å². The Balaban J connectivity index is 1.36. The number of aromatic nitrogens is 4. The number of benzene rings is 1. The van der Waals surface area contributed by atoms with Gasteiger partial charge in [0, 0.05) is 50.7 Å². The number of amides is 1. The lowest BCUT2D eigenvalue weighted by atomic mass is 10.2. The lowest BCUT2D eigenvalue weighted by Crippen LogP contribution is -2.48. The normalized spacial score (nSPS) is 14.3. The monoisotopic (exact) mass is 404 g/mol. The molecule has 3 aromatic rings. The van der Waals surface area contributed by atoms with E-state index in [4.69, 9.17) is 4.74 Å². The van der Waals surface area contributed by atoms with Gasteiger partial charge in [-0.25, -0.2) is 15.0 Å². The van der Waals surface area contributed by atoms with Crippen molar-refractivity contribution in [3.63, 3.8) is 0 Å². The van der Waals surface area contributed by atoms with Crippen molar-refractivity contribution >= 4 is 17.8 Å². The number of hydrogen-bond donors (Lipinski definition) is 0. The van der Waals surface area contributed by atoms with Crippen molar-refractivity contribution in [1.29, 1.82) is 0 Å². The van der Waals surface area contributed by atoms with Crippen LogP contribution in [0.25, 0.3) is 11.9 Å². The summed E-state index contributed by atoms with van der Waals surface area (Å²) in [6, 6.07) is 9.56. The lowest BCUT2D eigenvalue weighted by Gasteiger charge is -2.35. The maximum absolute atomic E-state index is 12.5. The molecule has 0 saturated carbocycles. The Hall–Kier alpha value is -3.68. The molecular formula is C22H24N6O2. The molecule has 3 heterocycles. The molecule has 0 aliphatic carbocycles. The van der Waals surface area contributed by atoms with Crippen LogP contribution in [0.1, 0.15) is 11.4 Å². The number of imidazole rings is 1. The molecule has 8 nitrogen and oxygen atoms in total. The summed E-state index contributed by atoms with van der Waals surface area (Å²) in [5.41, 5.74) is 0.964. The number of carbonyl (C=O) groups is 1. The third kappa shape index (κ3) is 4.32. The second-order valence-electron chi connectivity index (χ2n) is 7.00. The number of rotatable bonds is 5. The highest BCUT2D eigenvalue weighted by Gasteiger charge is 2.21. The van der Waals surface area contributed by atoms with Gasteiger partial charge in [-0.05, 0) is 30.7 Å². The predicted molar refractivity (Wildman–Crippen MR) is 115 cm³/mol. The third-order valence-corrected chi connectivity index (χ3v) is 5.16. The summed E-state index contributed by atoms with van der Waals surface area (Å²) in [4.78, 5) is 29.6. The van der Waals surface area contributed by atoms with E-state index < -0.39 is 0 Å². The zero-order chi connectivity index (χ0) is 20.9. The first-order valence-corrected chi connectivity index (χ1v) is 9.82. The molecule has 30 heavy (non-hydrogen) atoms. The van der Waals surface area contributed by atoms with Gasteiger partial charge in [0.2, 0.25) is 5.91 Å². The van der Waals surface area contributed by atoms with Crippen LogP contribution in [0, 0.1) is 6.92 Å². The van der Waals surface area contributed by atoms with Gasteiger partial charge in [0.1, 0.15) is 29.5 Å². The molecule has 2 aromatic heterocycles. The SMILES string of the molecule is COc1ccc(/C=C/C(=O)N2CCN(c3cc(-n4ccnc4C)ncn3)CC2)cc1. The molecule has 4 rings (SSSR count). The molecule has 154 valence electrons. The molecule has 1 saturated heterocycles. The molecule has 1 aromatic carbocycles. The average Bonchev–Trinajstić information content (AvgIpc) is 3.24. The predicted octanol–water partition coefficient (Wildman–Crippen LogP) is 2.34. The van der Waals surface area contributed by atoms with Crippen molar-refractivity contribution in [3.8, 4) is 11.6 Å². The smallest absolute Gasteiger partial charge is 0.246 e. The van der Waals surface area contributed by atoms with Gasteiger partial charge in [-0.15, -0.1) is 0 Å². The summed E-state index contributed by atoms with van der Waals surface area (Å²) in [7, 11) is 1.63. The summed E-state index contributed by atoms with van der Waals surface area (Å²) in [5, 5.41) is 0. The van der Waals surface area contributed by atoms with Gasteiger partial charge in [-0.3, -0.25) is 9.36 Å². The van der Waals surface area contributed by atoms with E-state index in [1.54, 1.807) is 25.7 Å². The summed E-state index contributed by atoms with van der Waals surface area (Å²) in [6.45, 7) is 4.68. The fourth-order valence-electron chi connectivity index (χ4n) is 3.41. The Labute approximate surface area is 175 Å². The van der Waals surface area contributed by atoms with E-state index >= 15 is 0 Å². The van der Waals surface area contributed by atoms with Gasteiger partial charge in [-0.1, -0.05) is 12.1 Å². The van der Waals surface area contributed by atoms with E-state index in [9.17, 15) is 4.79 Å². The quantitative estimate of drug-likeness (QED) is 0.608. The zero-order valence-electron chi connectivity index (χ0n) is 17.1. The van der Waals surface area contributed by atoms with E-state index in [0.717, 1.165) is 41.9 Å². The van der Waals surface area contributed by atoms with Crippen molar-refractivity contribution in [2.24, 2.45) is 0 Å². The number of hydrogen-bond acceptors (Lipinski definition) is 6. The summed E-state index contributed by atoms with van der Waals surface area (Å²) >= 11 is 0. The minimum Gasteiger partial charge on any atom is -0.497 e. The summed E-state index contributed by atoms with van der Waals surface area (Å²) < 4.78 is 7.08. The molecule has 0 spiro atoms. The van der Waals surface area contributed by atoms with Crippen LogP contribution in [0.4, 0.5) is 5.82 Å². The molecular weight excluding hydrogens is 380 g/mol. The molecule has 1 aliphatic heterocycles. The van der Waals surface area contributed by atoms with Gasteiger partial charge in [0.05, 0.1) is 7.11 Å². The lowest BCUT2D eigenvalue weighted by molar-refractivity contribution is -0.126. The Morgan fingerprint density at radius 3 is 2.43 bits per heavy atom. The van der Waals surface area contributed by atoms with Crippen LogP contribution in [-0.2, 0) is 4.79 Å². The molecule has 1 fully saturated rings. The fraction of sp³-hybridized carbons (Fsp3) is 0.273. The summed E-state index contributed by atoms with van der Waals surface area (Å²) in [5.74, 6) is 3.33. The van der Waals surface area contributed by atoms with Crippen LogP contribution in [0.3, 0.4) is 0 Å². The zero-order valence-corrected chi connectivity index (χ0v) is 17.1. The van der Waals surface area contributed by atoms with Crippen molar-refractivity contribution in [1.82, 2.24) is 24.4 Å². The number of nitrogens with zero attached hydrogens (tertiary/aromatic N) is 6. The van der Waals surface area contributed by atoms with Crippen molar-refractivity contribution < 1.29 is 9.53 Å². The van der Waals surface area contributed by atoms with Gasteiger partial charge in [-0.2, -0.15) is 0 Å². The number of methoxy groups -OCH3 is 1. The first kappa shape index (κ1) is 19.6. The Bertz CT molecular complexity index is 1040. The molecule has 0 unspecified atom stereocenters. The van der Waals surface area contributed by atoms with E-state index in [-0.39, 0.29) is 5.91 Å². The molecule has 1 amide bonds. The maximum atomic E-state index is 12.5. The van der Waals surface area contributed by atoms with Crippen LogP contribution in [0.5, 0.6) is 5.75 Å². The van der Waals surface area contributed by atoms with E-state index in [2.05, 4.69) is 19.9 Å². The topological polar surface area (TPSA) is 76.4 Å². The standard InChI is InChI=1S/C22H24N6O2/c1-17-23-9-10-28(17)21-15-20(24-16-25-21)26-11-13-27(14-12-26)22(29)8-5-18-3-6-19(30-2)7-4-18/h3-10,15-16H,11-14H2,1-2H3/b8-5+. The highest BCUT2D eigenvalue weighted by atomic mass is 16.5. The molecule has 0 radical (unpaired) electrons. The van der Waals surface area contributed by atoms with E-state index in [0.29, 0.717) is 13.1 Å². The maximum Gasteiger partial charge on any atom is 0.246 e. The molecule has 0 N–H and O–H groups in total. The molecule has 1 aliphatic rings. The third-order valence-electron chi connectivity index (χ3n) is 5.16. The Morgan fingerprint density at radius 2 is 1.77 bits per heavy atom. The van der Waals surface area contributed by atoms with Gasteiger partial charge >= 0.3 is 0 Å². The van der Waals surface area contributed by atoms with Gasteiger partial charge in [0.15, 0.2) is 0 Å². The van der Waals surface area contributed by atoms with Crippen molar-refractivity contribution in [3.05, 3.63) is 66.5 Å². The minimum atomic E-state index is 0.0166. The number of ether oxygens (including phenoxy) is 1. The summed E-state index contributed by atoms with van der Waals surface area (Å²) in [6.07, 6.45) is 8.66. The van der Waals surface area contributed by atoms with Gasteiger partial charge in [0.25, 0.3) is 0 Å². The Kier molecular flexibility index (Phi) is 5.74. The second-order valence-corrected chi connectivity index (χ2v) is 7.00. The van der Waals surface area contributed by atoms with Crippen molar-refractivity contribution in [2.45, 2.75) is 6.92 Å². The minimum absolute atomic E-state index is 0.0166. The first-order valence-electron chi connectivity index (χ1n) is 9.82. The second kappa shape index (κ2) is 8.77. The molecule has 0 bridgehead atoms. The number of carbonyl (C=O) groups excluding carboxylic acids is 1. The Morgan fingerprint density at radius 1 is 1.03 bits per heavy atom. The first-order chi connectivity index (χ1) is 14.6. The van der Waals surface area contributed by atoms with E-state index in [1.807, 2.05) is 59.0 Å². The van der Waals surface area contributed by atoms with Crippen LogP contribution in [0.15, 0.2) is 55.1 Å². The highest BCUT2D eigenvalue weighted by Crippen LogP contribution is 2.17. The van der Waals surface area contributed by atoms with Crippen LogP contribution >= 0.6 is 0 Å². The highest BCUT2D eigenvalue weighted by molar-refractivity contribution is 5.92. The van der Waals surface area contributed by atoms with Crippen LogP contribution in [0.2, 0.25) is 0 Å². The fourth-order valence-corrected chi connectivity index (χ4v) is 3.41. The number of anilines is 1. The largest absolute Gasteiger partial charge is 0.497 e. The van der Waals surface area contributed by atoms with Crippen LogP contribution in [-0.4, -0.2) is 63.6 Å². The molecule has 8 heteroatoms. The number of aryl methyl sites for hydroxylation is 1. The average molecular weight is 404 g/mol. The number of piperazine rings is 1.